The SMILES string of the molecule is c1ccc(-c2ccc(N(c3ccc(-c4ccccc4)cc3)c3ccccc3-c3ccccc3N(c3ccc(-c4ccccc4)cc3)c3cccc4sc5ccccc5c34)cc2)cc1. The Hall–Kier alpha value is -7.98. The van der Waals surface area contributed by atoms with Crippen LogP contribution >= 0.6 is 11.3 Å². The van der Waals surface area contributed by atoms with Crippen LogP contribution in [0.2, 0.25) is 0 Å². The summed E-state index contributed by atoms with van der Waals surface area (Å²) in [6, 6.07) is 92.1. The van der Waals surface area contributed by atoms with E-state index in [0.717, 1.165) is 45.3 Å². The molecule has 0 unspecified atom stereocenters. The van der Waals surface area contributed by atoms with Gasteiger partial charge < -0.3 is 9.80 Å². The first-order valence-electron chi connectivity index (χ1n) is 21.4. The van der Waals surface area contributed by atoms with Crippen LogP contribution < -0.4 is 9.80 Å². The number of hydrogen-bond acceptors (Lipinski definition) is 3. The smallest absolute Gasteiger partial charge is 0.0555 e. The van der Waals surface area contributed by atoms with Gasteiger partial charge in [-0.05, 0) is 100 Å². The van der Waals surface area contributed by atoms with Crippen LogP contribution in [-0.2, 0) is 0 Å². The number of fused-ring (bicyclic) bond motifs is 3. The molecular weight excluding hydrogens is 781 g/mol. The molecule has 0 aliphatic heterocycles. The third-order valence-corrected chi connectivity index (χ3v) is 13.0. The summed E-state index contributed by atoms with van der Waals surface area (Å²) in [6.07, 6.45) is 0. The van der Waals surface area contributed by atoms with E-state index in [2.05, 4.69) is 265 Å². The first-order valence-corrected chi connectivity index (χ1v) is 22.2. The lowest BCUT2D eigenvalue weighted by Gasteiger charge is -2.31. The number of nitrogens with zero attached hydrogens (tertiary/aromatic N) is 2. The molecule has 63 heavy (non-hydrogen) atoms. The van der Waals surface area contributed by atoms with E-state index in [-0.39, 0.29) is 0 Å². The molecule has 11 aromatic rings. The fourth-order valence-electron chi connectivity index (χ4n) is 8.87. The van der Waals surface area contributed by atoms with Gasteiger partial charge in [-0.2, -0.15) is 0 Å². The highest BCUT2D eigenvalue weighted by Gasteiger charge is 2.24. The molecule has 3 heteroatoms. The maximum Gasteiger partial charge on any atom is 0.0555 e. The molecule has 0 aliphatic carbocycles. The molecule has 0 saturated carbocycles. The Labute approximate surface area is 372 Å². The molecule has 0 bridgehead atoms. The molecule has 0 radical (unpaired) electrons. The monoisotopic (exact) mass is 822 g/mol. The summed E-state index contributed by atoms with van der Waals surface area (Å²) in [6.45, 7) is 0. The summed E-state index contributed by atoms with van der Waals surface area (Å²) in [5.74, 6) is 0. The highest BCUT2D eigenvalue weighted by molar-refractivity contribution is 7.26. The largest absolute Gasteiger partial charge is 0.310 e. The number of rotatable bonds is 10. The van der Waals surface area contributed by atoms with Crippen LogP contribution in [0, 0.1) is 0 Å². The van der Waals surface area contributed by atoms with Crippen molar-refractivity contribution < 1.29 is 0 Å². The van der Waals surface area contributed by atoms with Gasteiger partial charge in [0.25, 0.3) is 0 Å². The lowest BCUT2D eigenvalue weighted by molar-refractivity contribution is 1.27. The molecule has 0 spiro atoms. The Morgan fingerprint density at radius 1 is 0.238 bits per heavy atom. The summed E-state index contributed by atoms with van der Waals surface area (Å²) >= 11 is 1.85. The molecule has 0 atom stereocenters. The van der Waals surface area contributed by atoms with Crippen LogP contribution in [0.1, 0.15) is 0 Å². The van der Waals surface area contributed by atoms with Gasteiger partial charge in [0.1, 0.15) is 0 Å². The summed E-state index contributed by atoms with van der Waals surface area (Å²) in [7, 11) is 0. The van der Waals surface area contributed by atoms with Gasteiger partial charge in [0.2, 0.25) is 0 Å². The van der Waals surface area contributed by atoms with E-state index in [0.29, 0.717) is 0 Å². The zero-order valence-electron chi connectivity index (χ0n) is 34.6. The average molecular weight is 823 g/mol. The van der Waals surface area contributed by atoms with E-state index in [1.807, 2.05) is 11.3 Å². The van der Waals surface area contributed by atoms with Crippen molar-refractivity contribution in [2.24, 2.45) is 0 Å². The van der Waals surface area contributed by atoms with Gasteiger partial charge >= 0.3 is 0 Å². The lowest BCUT2D eigenvalue weighted by Crippen LogP contribution is -2.14. The van der Waals surface area contributed by atoms with E-state index in [1.54, 1.807) is 0 Å². The Balaban J connectivity index is 1.10. The second kappa shape index (κ2) is 16.8. The van der Waals surface area contributed by atoms with Crippen molar-refractivity contribution in [1.82, 2.24) is 0 Å². The van der Waals surface area contributed by atoms with E-state index in [4.69, 9.17) is 0 Å². The van der Waals surface area contributed by atoms with Crippen LogP contribution in [0.15, 0.2) is 255 Å². The minimum Gasteiger partial charge on any atom is -0.310 e. The van der Waals surface area contributed by atoms with Gasteiger partial charge in [0, 0.05) is 48.4 Å². The van der Waals surface area contributed by atoms with Gasteiger partial charge in [-0.15, -0.1) is 11.3 Å². The standard InChI is InChI=1S/C60H42N2S/c1-4-17-43(18-5-1)46-31-37-49(38-32-46)61(50-39-33-47(34-40-50)44-19-6-2-7-20-44)55-26-13-10-23-52(55)53-24-11-14-27-56(53)62(51-41-35-48(36-42-51)45-21-8-3-9-22-45)57-28-16-30-59-60(57)54-25-12-15-29-58(54)63-59/h1-42H. The predicted octanol–water partition coefficient (Wildman–Crippen LogP) is 17.7. The molecule has 10 aromatic carbocycles. The number of para-hydroxylation sites is 2. The van der Waals surface area contributed by atoms with E-state index in [1.165, 1.54) is 53.6 Å². The third kappa shape index (κ3) is 7.35. The molecule has 0 fully saturated rings. The van der Waals surface area contributed by atoms with Gasteiger partial charge in [-0.1, -0.05) is 188 Å². The minimum absolute atomic E-state index is 1.08. The van der Waals surface area contributed by atoms with Crippen LogP contribution in [0.25, 0.3) is 64.7 Å². The van der Waals surface area contributed by atoms with Crippen LogP contribution in [0.3, 0.4) is 0 Å². The summed E-state index contributed by atoms with van der Waals surface area (Å²) in [5.41, 5.74) is 16.0. The van der Waals surface area contributed by atoms with Gasteiger partial charge in [-0.3, -0.25) is 0 Å². The predicted molar refractivity (Wildman–Crippen MR) is 270 cm³/mol. The first kappa shape index (κ1) is 38.0. The molecule has 1 aromatic heterocycles. The molecule has 0 N–H and O–H groups in total. The number of hydrogen-bond donors (Lipinski definition) is 0. The van der Waals surface area contributed by atoms with E-state index >= 15 is 0 Å². The molecule has 298 valence electrons. The van der Waals surface area contributed by atoms with Crippen molar-refractivity contribution in [3.8, 4) is 44.5 Å². The Bertz CT molecular complexity index is 3220. The molecule has 11 rings (SSSR count). The number of benzene rings is 10. The normalized spacial score (nSPS) is 11.2. The fourth-order valence-corrected chi connectivity index (χ4v) is 10.00. The fraction of sp³-hybridized carbons (Fsp3) is 0. The van der Waals surface area contributed by atoms with E-state index < -0.39 is 0 Å². The van der Waals surface area contributed by atoms with Crippen molar-refractivity contribution in [3.05, 3.63) is 255 Å². The topological polar surface area (TPSA) is 6.48 Å². The van der Waals surface area contributed by atoms with Crippen molar-refractivity contribution in [2.45, 2.75) is 0 Å². The lowest BCUT2D eigenvalue weighted by atomic mass is 9.97. The first-order chi connectivity index (χ1) is 31.3. The van der Waals surface area contributed by atoms with Gasteiger partial charge in [-0.25, -0.2) is 0 Å². The molecule has 0 aliphatic rings. The molecular formula is C60H42N2S. The Morgan fingerprint density at radius 3 is 1.08 bits per heavy atom. The second-order valence-electron chi connectivity index (χ2n) is 15.7. The number of anilines is 6. The van der Waals surface area contributed by atoms with E-state index in [9.17, 15) is 0 Å². The zero-order chi connectivity index (χ0) is 42.0. The number of thiophene rings is 1. The van der Waals surface area contributed by atoms with Crippen LogP contribution in [-0.4, -0.2) is 0 Å². The maximum absolute atomic E-state index is 2.47. The Kier molecular flexibility index (Phi) is 10.1. The summed E-state index contributed by atoms with van der Waals surface area (Å²) in [4.78, 5) is 4.87. The summed E-state index contributed by atoms with van der Waals surface area (Å²) < 4.78 is 2.55. The highest BCUT2D eigenvalue weighted by atomic mass is 32.1. The maximum atomic E-state index is 2.47. The van der Waals surface area contributed by atoms with Gasteiger partial charge in [0.05, 0.1) is 17.1 Å². The molecule has 0 amide bonds. The minimum atomic E-state index is 1.08. The molecule has 2 nitrogen and oxygen atoms in total. The average Bonchev–Trinajstić information content (AvgIpc) is 3.76. The Morgan fingerprint density at radius 2 is 0.587 bits per heavy atom. The molecule has 1 heterocycles. The van der Waals surface area contributed by atoms with Crippen molar-refractivity contribution >= 4 is 65.6 Å². The van der Waals surface area contributed by atoms with Crippen molar-refractivity contribution in [2.75, 3.05) is 9.80 Å². The van der Waals surface area contributed by atoms with Gasteiger partial charge in [0.15, 0.2) is 0 Å². The summed E-state index contributed by atoms with van der Waals surface area (Å²) in [5, 5.41) is 2.52. The van der Waals surface area contributed by atoms with Crippen LogP contribution in [0.5, 0.6) is 0 Å². The molecule has 0 saturated heterocycles. The highest BCUT2D eigenvalue weighted by Crippen LogP contribution is 2.50. The van der Waals surface area contributed by atoms with Crippen molar-refractivity contribution in [1.29, 1.82) is 0 Å². The third-order valence-electron chi connectivity index (χ3n) is 11.9. The second-order valence-corrected chi connectivity index (χ2v) is 16.8. The quantitative estimate of drug-likeness (QED) is 0.136. The zero-order valence-corrected chi connectivity index (χ0v) is 35.4. The van der Waals surface area contributed by atoms with Crippen molar-refractivity contribution in [3.63, 3.8) is 0 Å². The van der Waals surface area contributed by atoms with Crippen LogP contribution in [0.4, 0.5) is 34.1 Å².